The lowest BCUT2D eigenvalue weighted by Gasteiger charge is -2.15. The molecule has 0 unspecified atom stereocenters. The molecule has 5 nitrogen and oxygen atoms in total. The van der Waals surface area contributed by atoms with E-state index in [2.05, 4.69) is 15.5 Å². The first-order valence-corrected chi connectivity index (χ1v) is 8.95. The van der Waals surface area contributed by atoms with Gasteiger partial charge in [-0.05, 0) is 31.0 Å². The lowest BCUT2D eigenvalue weighted by molar-refractivity contribution is -0.137. The van der Waals surface area contributed by atoms with Gasteiger partial charge in [-0.1, -0.05) is 24.3 Å². The number of phenols is 1. The molecule has 1 aliphatic rings. The number of nitrogens with one attached hydrogen (secondary N) is 1. The fraction of sp³-hybridized carbons (Fsp3) is 0.300. The smallest absolute Gasteiger partial charge is 0.416 e. The Kier molecular flexibility index (Phi) is 4.80. The number of alkyl halides is 3. The van der Waals surface area contributed by atoms with Gasteiger partial charge < -0.3 is 15.2 Å². The van der Waals surface area contributed by atoms with Crippen molar-refractivity contribution in [3.63, 3.8) is 0 Å². The van der Waals surface area contributed by atoms with Crippen LogP contribution in [0.2, 0.25) is 0 Å². The highest BCUT2D eigenvalue weighted by molar-refractivity contribution is 6.00. The minimum atomic E-state index is -4.53. The summed E-state index contributed by atoms with van der Waals surface area (Å²) < 4.78 is 44.2. The second-order valence-corrected chi connectivity index (χ2v) is 6.69. The third kappa shape index (κ3) is 3.60. The fourth-order valence-corrected chi connectivity index (χ4v) is 3.36. The number of phenolic OH excluding ortho intramolecular Hbond substituents is 1. The van der Waals surface area contributed by atoms with Gasteiger partial charge in [-0.25, -0.2) is 0 Å². The Labute approximate surface area is 159 Å². The SMILES string of the molecule is Oc1cc(C(F)(F)F)ccc1-c1nnc(NC[C@H]2CCCO2)c2ccccc12. The number of nitrogens with zero attached hydrogens (tertiary/aromatic N) is 2. The summed E-state index contributed by atoms with van der Waals surface area (Å²) in [6, 6.07) is 10.1. The van der Waals surface area contributed by atoms with Gasteiger partial charge in [0.25, 0.3) is 0 Å². The fourth-order valence-electron chi connectivity index (χ4n) is 3.36. The first kappa shape index (κ1) is 18.5. The number of benzene rings is 2. The summed E-state index contributed by atoms with van der Waals surface area (Å²) in [5, 5.41) is 23.3. The van der Waals surface area contributed by atoms with Gasteiger partial charge in [0.1, 0.15) is 11.4 Å². The zero-order chi connectivity index (χ0) is 19.7. The molecule has 1 saturated heterocycles. The Morgan fingerprint density at radius 1 is 1.11 bits per heavy atom. The number of hydrogen-bond acceptors (Lipinski definition) is 5. The summed E-state index contributed by atoms with van der Waals surface area (Å²) in [6.45, 7) is 1.36. The molecule has 2 heterocycles. The van der Waals surface area contributed by atoms with Gasteiger partial charge in [0.2, 0.25) is 0 Å². The third-order valence-corrected chi connectivity index (χ3v) is 4.79. The Balaban J connectivity index is 1.72. The van der Waals surface area contributed by atoms with E-state index < -0.39 is 17.5 Å². The number of ether oxygens (including phenoxy) is 1. The average molecular weight is 389 g/mol. The van der Waals surface area contributed by atoms with Crippen molar-refractivity contribution in [3.8, 4) is 17.0 Å². The summed E-state index contributed by atoms with van der Waals surface area (Å²) in [5.41, 5.74) is -0.396. The molecule has 146 valence electrons. The highest BCUT2D eigenvalue weighted by Gasteiger charge is 2.31. The van der Waals surface area contributed by atoms with Crippen molar-refractivity contribution < 1.29 is 23.0 Å². The Morgan fingerprint density at radius 2 is 1.89 bits per heavy atom. The summed E-state index contributed by atoms with van der Waals surface area (Å²) >= 11 is 0. The van der Waals surface area contributed by atoms with Gasteiger partial charge in [0.15, 0.2) is 5.82 Å². The van der Waals surface area contributed by atoms with E-state index in [9.17, 15) is 18.3 Å². The highest BCUT2D eigenvalue weighted by atomic mass is 19.4. The van der Waals surface area contributed by atoms with Crippen LogP contribution in [0.3, 0.4) is 0 Å². The van der Waals surface area contributed by atoms with Crippen LogP contribution in [0, 0.1) is 0 Å². The zero-order valence-electron chi connectivity index (χ0n) is 14.8. The van der Waals surface area contributed by atoms with E-state index in [1.165, 1.54) is 6.07 Å². The first-order chi connectivity index (χ1) is 13.4. The molecule has 8 heteroatoms. The monoisotopic (exact) mass is 389 g/mol. The van der Waals surface area contributed by atoms with Crippen LogP contribution in [0.5, 0.6) is 5.75 Å². The largest absolute Gasteiger partial charge is 0.507 e. The average Bonchev–Trinajstić information content (AvgIpc) is 3.19. The van der Waals surface area contributed by atoms with Gasteiger partial charge in [-0.15, -0.1) is 10.2 Å². The van der Waals surface area contributed by atoms with Gasteiger partial charge >= 0.3 is 6.18 Å². The van der Waals surface area contributed by atoms with Gasteiger partial charge in [-0.3, -0.25) is 0 Å². The van der Waals surface area contributed by atoms with E-state index >= 15 is 0 Å². The lowest BCUT2D eigenvalue weighted by Crippen LogP contribution is -2.19. The number of anilines is 1. The van der Waals surface area contributed by atoms with Crippen molar-refractivity contribution in [2.75, 3.05) is 18.5 Å². The standard InChI is InChI=1S/C20H18F3N3O2/c21-20(22,23)12-7-8-16(17(27)10-12)18-14-5-1-2-6-15(14)19(26-25-18)24-11-13-4-3-9-28-13/h1-2,5-8,10,13,27H,3-4,9,11H2,(H,24,26)/t13-/m1/s1. The Bertz CT molecular complexity index is 1000. The van der Waals surface area contributed by atoms with Crippen molar-refractivity contribution in [3.05, 3.63) is 48.0 Å². The number of aromatic nitrogens is 2. The number of hydrogen-bond donors (Lipinski definition) is 2. The molecule has 0 aliphatic carbocycles. The van der Waals surface area contributed by atoms with Crippen LogP contribution in [0.15, 0.2) is 42.5 Å². The molecular weight excluding hydrogens is 371 g/mol. The summed E-state index contributed by atoms with van der Waals surface area (Å²) in [4.78, 5) is 0. The predicted molar refractivity (Wildman–Crippen MR) is 99.1 cm³/mol. The molecule has 1 aliphatic heterocycles. The van der Waals surface area contributed by atoms with Crippen LogP contribution < -0.4 is 5.32 Å². The van der Waals surface area contributed by atoms with Crippen LogP contribution >= 0.6 is 0 Å². The van der Waals surface area contributed by atoms with Crippen LogP contribution in [0.25, 0.3) is 22.0 Å². The maximum absolute atomic E-state index is 12.9. The van der Waals surface area contributed by atoms with E-state index in [0.717, 1.165) is 30.9 Å². The second kappa shape index (κ2) is 7.27. The first-order valence-electron chi connectivity index (χ1n) is 8.95. The topological polar surface area (TPSA) is 67.3 Å². The molecule has 2 N–H and O–H groups in total. The number of fused-ring (bicyclic) bond motifs is 1. The second-order valence-electron chi connectivity index (χ2n) is 6.69. The summed E-state index contributed by atoms with van der Waals surface area (Å²) in [7, 11) is 0. The maximum Gasteiger partial charge on any atom is 0.416 e. The predicted octanol–water partition coefficient (Wildman–Crippen LogP) is 4.61. The van der Waals surface area contributed by atoms with Gasteiger partial charge in [-0.2, -0.15) is 13.2 Å². The molecule has 1 aromatic heterocycles. The molecule has 2 aromatic carbocycles. The Morgan fingerprint density at radius 3 is 2.57 bits per heavy atom. The number of rotatable bonds is 4. The molecule has 1 atom stereocenters. The van der Waals surface area contributed by atoms with E-state index in [1.54, 1.807) is 12.1 Å². The quantitative estimate of drug-likeness (QED) is 0.682. The van der Waals surface area contributed by atoms with Crippen LogP contribution in [0.4, 0.5) is 19.0 Å². The molecular formula is C20H18F3N3O2. The van der Waals surface area contributed by atoms with Crippen LogP contribution in [-0.4, -0.2) is 34.6 Å². The van der Waals surface area contributed by atoms with Crippen molar-refractivity contribution >= 4 is 16.6 Å². The minimum Gasteiger partial charge on any atom is -0.507 e. The molecule has 1 fully saturated rings. The summed E-state index contributed by atoms with van der Waals surface area (Å²) in [6.07, 6.45) is -2.39. The molecule has 28 heavy (non-hydrogen) atoms. The number of halogens is 3. The molecule has 0 bridgehead atoms. The van der Waals surface area contributed by atoms with Crippen LogP contribution in [-0.2, 0) is 10.9 Å². The van der Waals surface area contributed by atoms with Gasteiger partial charge in [0, 0.05) is 29.5 Å². The molecule has 0 spiro atoms. The maximum atomic E-state index is 12.9. The Hall–Kier alpha value is -2.87. The zero-order valence-corrected chi connectivity index (χ0v) is 14.8. The van der Waals surface area contributed by atoms with Gasteiger partial charge in [0.05, 0.1) is 11.7 Å². The van der Waals surface area contributed by atoms with E-state index in [0.29, 0.717) is 29.5 Å². The molecule has 0 amide bonds. The van der Waals surface area contributed by atoms with Crippen molar-refractivity contribution in [2.24, 2.45) is 0 Å². The molecule has 0 saturated carbocycles. The molecule has 4 rings (SSSR count). The van der Waals surface area contributed by atoms with Crippen LogP contribution in [0.1, 0.15) is 18.4 Å². The van der Waals surface area contributed by atoms with Crippen molar-refractivity contribution in [1.82, 2.24) is 10.2 Å². The third-order valence-electron chi connectivity index (χ3n) is 4.79. The van der Waals surface area contributed by atoms with E-state index in [-0.39, 0.29) is 11.7 Å². The lowest BCUT2D eigenvalue weighted by atomic mass is 10.0. The molecule has 0 radical (unpaired) electrons. The highest BCUT2D eigenvalue weighted by Crippen LogP contribution is 2.38. The van der Waals surface area contributed by atoms with Crippen molar-refractivity contribution in [2.45, 2.75) is 25.1 Å². The minimum absolute atomic E-state index is 0.124. The normalized spacial score (nSPS) is 17.2. The molecule has 3 aromatic rings. The summed E-state index contributed by atoms with van der Waals surface area (Å²) in [5.74, 6) is 0.0793. The van der Waals surface area contributed by atoms with E-state index in [1.807, 2.05) is 12.1 Å². The number of aromatic hydroxyl groups is 1. The van der Waals surface area contributed by atoms with Crippen molar-refractivity contribution in [1.29, 1.82) is 0 Å². The van der Waals surface area contributed by atoms with E-state index in [4.69, 9.17) is 4.74 Å².